The van der Waals surface area contributed by atoms with Crippen LogP contribution in [0.25, 0.3) is 0 Å². The summed E-state index contributed by atoms with van der Waals surface area (Å²) in [6.07, 6.45) is 7.59. The average Bonchev–Trinajstić information content (AvgIpc) is 2.59. The first-order valence-corrected chi connectivity index (χ1v) is 7.61. The summed E-state index contributed by atoms with van der Waals surface area (Å²) in [7, 11) is 2.06. The van der Waals surface area contributed by atoms with Gasteiger partial charge in [-0.05, 0) is 65.9 Å². The molecule has 1 saturated carbocycles. The average molecular weight is 314 g/mol. The molecule has 1 fully saturated rings. The normalized spacial score (nSPS) is 24.8. The van der Waals surface area contributed by atoms with Gasteiger partial charge in [-0.3, -0.25) is 0 Å². The summed E-state index contributed by atoms with van der Waals surface area (Å²) in [5.74, 6) is 0.500. The van der Waals surface area contributed by atoms with Gasteiger partial charge in [-0.2, -0.15) is 0 Å². The van der Waals surface area contributed by atoms with Crippen LogP contribution in [0.15, 0.2) is 22.7 Å². The van der Waals surface area contributed by atoms with E-state index in [0.29, 0.717) is 16.4 Å². The Morgan fingerprint density at radius 2 is 2.06 bits per heavy atom. The number of rotatable bonds is 3. The summed E-state index contributed by atoms with van der Waals surface area (Å²) in [5.41, 5.74) is 1.23. The second-order valence-corrected chi connectivity index (χ2v) is 6.10. The molecular weight excluding hydrogens is 293 g/mol. The molecule has 0 spiro atoms. The summed E-state index contributed by atoms with van der Waals surface area (Å²) in [5, 5.41) is 3.45. The third-order valence-corrected chi connectivity index (χ3v) is 4.62. The lowest BCUT2D eigenvalue weighted by atomic mass is 9.88. The lowest BCUT2D eigenvalue weighted by Crippen LogP contribution is -2.33. The highest BCUT2D eigenvalue weighted by atomic mass is 79.9. The van der Waals surface area contributed by atoms with Crippen LogP contribution in [0.4, 0.5) is 4.39 Å². The van der Waals surface area contributed by atoms with Gasteiger partial charge >= 0.3 is 0 Å². The summed E-state index contributed by atoms with van der Waals surface area (Å²) in [6, 6.07) is 6.01. The fraction of sp³-hybridized carbons (Fsp3) is 0.600. The minimum Gasteiger partial charge on any atom is -0.317 e. The number of benzene rings is 1. The Labute approximate surface area is 117 Å². The van der Waals surface area contributed by atoms with Crippen molar-refractivity contribution in [3.05, 3.63) is 34.1 Å². The van der Waals surface area contributed by atoms with Gasteiger partial charge in [-0.25, -0.2) is 4.39 Å². The Kier molecular flexibility index (Phi) is 5.19. The summed E-state index contributed by atoms with van der Waals surface area (Å²) in [4.78, 5) is 0. The van der Waals surface area contributed by atoms with Crippen molar-refractivity contribution in [3.63, 3.8) is 0 Å². The molecule has 0 radical (unpaired) electrons. The van der Waals surface area contributed by atoms with E-state index in [0.717, 1.165) is 6.42 Å². The molecule has 1 aromatic carbocycles. The van der Waals surface area contributed by atoms with Crippen LogP contribution in [0.5, 0.6) is 0 Å². The van der Waals surface area contributed by atoms with Gasteiger partial charge in [0.1, 0.15) is 5.82 Å². The topological polar surface area (TPSA) is 12.0 Å². The Bertz CT molecular complexity index is 394. The SMILES string of the molecule is CNC1CCCCCC1Cc1ccc(F)c(Br)c1. The highest BCUT2D eigenvalue weighted by molar-refractivity contribution is 9.10. The molecule has 0 saturated heterocycles. The van der Waals surface area contributed by atoms with Crippen LogP contribution in [0.1, 0.15) is 37.7 Å². The molecule has 1 nitrogen and oxygen atoms in total. The first kappa shape index (κ1) is 14.0. The van der Waals surface area contributed by atoms with E-state index in [1.807, 2.05) is 12.1 Å². The predicted molar refractivity (Wildman–Crippen MR) is 77.2 cm³/mol. The van der Waals surface area contributed by atoms with Gasteiger partial charge in [0.2, 0.25) is 0 Å². The Hall–Kier alpha value is -0.410. The van der Waals surface area contributed by atoms with Crippen LogP contribution in [-0.2, 0) is 6.42 Å². The Balaban J connectivity index is 2.07. The Morgan fingerprint density at radius 1 is 1.28 bits per heavy atom. The van der Waals surface area contributed by atoms with E-state index < -0.39 is 0 Å². The Morgan fingerprint density at radius 3 is 2.78 bits per heavy atom. The van der Waals surface area contributed by atoms with E-state index in [1.165, 1.54) is 37.7 Å². The summed E-state index contributed by atoms with van der Waals surface area (Å²) >= 11 is 3.27. The van der Waals surface area contributed by atoms with Crippen molar-refractivity contribution < 1.29 is 4.39 Å². The van der Waals surface area contributed by atoms with Gasteiger partial charge in [-0.15, -0.1) is 0 Å². The second kappa shape index (κ2) is 6.67. The molecule has 2 rings (SSSR count). The molecule has 0 amide bonds. The smallest absolute Gasteiger partial charge is 0.137 e. The van der Waals surface area contributed by atoms with E-state index in [-0.39, 0.29) is 5.82 Å². The fourth-order valence-corrected chi connectivity index (χ4v) is 3.40. The van der Waals surface area contributed by atoms with Gasteiger partial charge in [0, 0.05) is 6.04 Å². The maximum Gasteiger partial charge on any atom is 0.137 e. The van der Waals surface area contributed by atoms with E-state index in [4.69, 9.17) is 0 Å². The summed E-state index contributed by atoms with van der Waals surface area (Å²) < 4.78 is 13.8. The molecule has 0 bridgehead atoms. The van der Waals surface area contributed by atoms with Crippen LogP contribution in [0.2, 0.25) is 0 Å². The van der Waals surface area contributed by atoms with Gasteiger partial charge in [0.15, 0.2) is 0 Å². The zero-order valence-electron chi connectivity index (χ0n) is 10.9. The maximum atomic E-state index is 13.2. The molecule has 3 heteroatoms. The van der Waals surface area contributed by atoms with E-state index in [9.17, 15) is 4.39 Å². The predicted octanol–water partition coefficient (Wildman–Crippen LogP) is 4.30. The van der Waals surface area contributed by atoms with E-state index in [2.05, 4.69) is 28.3 Å². The van der Waals surface area contributed by atoms with Crippen molar-refractivity contribution >= 4 is 15.9 Å². The lowest BCUT2D eigenvalue weighted by Gasteiger charge is -2.25. The first-order valence-electron chi connectivity index (χ1n) is 6.82. The van der Waals surface area contributed by atoms with Crippen LogP contribution < -0.4 is 5.32 Å². The number of halogens is 2. The van der Waals surface area contributed by atoms with Crippen LogP contribution in [0.3, 0.4) is 0 Å². The summed E-state index contributed by atoms with van der Waals surface area (Å²) in [6.45, 7) is 0. The number of hydrogen-bond donors (Lipinski definition) is 1. The van der Waals surface area contributed by atoms with Gasteiger partial charge in [0.05, 0.1) is 4.47 Å². The van der Waals surface area contributed by atoms with Crippen molar-refractivity contribution in [2.24, 2.45) is 5.92 Å². The number of hydrogen-bond acceptors (Lipinski definition) is 1. The molecule has 0 aliphatic heterocycles. The molecule has 1 aliphatic rings. The van der Waals surface area contributed by atoms with Gasteiger partial charge < -0.3 is 5.32 Å². The van der Waals surface area contributed by atoms with Crippen molar-refractivity contribution in [2.75, 3.05) is 7.05 Å². The molecule has 1 aromatic rings. The van der Waals surface area contributed by atoms with Crippen LogP contribution in [-0.4, -0.2) is 13.1 Å². The first-order chi connectivity index (χ1) is 8.70. The monoisotopic (exact) mass is 313 g/mol. The zero-order valence-corrected chi connectivity index (χ0v) is 12.5. The molecule has 2 unspecified atom stereocenters. The molecule has 1 aliphatic carbocycles. The van der Waals surface area contributed by atoms with Crippen molar-refractivity contribution in [1.29, 1.82) is 0 Å². The third kappa shape index (κ3) is 3.55. The molecule has 100 valence electrons. The van der Waals surface area contributed by atoms with Crippen molar-refractivity contribution in [2.45, 2.75) is 44.6 Å². The van der Waals surface area contributed by atoms with Crippen molar-refractivity contribution in [1.82, 2.24) is 5.32 Å². The molecular formula is C15H21BrFN. The highest BCUT2D eigenvalue weighted by Gasteiger charge is 2.22. The fourth-order valence-electron chi connectivity index (χ4n) is 2.98. The van der Waals surface area contributed by atoms with Crippen molar-refractivity contribution in [3.8, 4) is 0 Å². The van der Waals surface area contributed by atoms with Gasteiger partial charge in [-0.1, -0.05) is 25.3 Å². The third-order valence-electron chi connectivity index (χ3n) is 4.01. The number of nitrogens with one attached hydrogen (secondary N) is 1. The maximum absolute atomic E-state index is 13.2. The van der Waals surface area contributed by atoms with Crippen LogP contribution in [0, 0.1) is 11.7 Å². The second-order valence-electron chi connectivity index (χ2n) is 5.25. The largest absolute Gasteiger partial charge is 0.317 e. The van der Waals surface area contributed by atoms with E-state index in [1.54, 1.807) is 6.07 Å². The quantitative estimate of drug-likeness (QED) is 0.820. The molecule has 0 heterocycles. The minimum absolute atomic E-state index is 0.176. The molecule has 0 aromatic heterocycles. The van der Waals surface area contributed by atoms with Gasteiger partial charge in [0.25, 0.3) is 0 Å². The zero-order chi connectivity index (χ0) is 13.0. The standard InChI is InChI=1S/C15H21BrFN/c1-18-15-6-4-2-3-5-12(15)9-11-7-8-14(17)13(16)10-11/h7-8,10,12,15,18H,2-6,9H2,1H3. The highest BCUT2D eigenvalue weighted by Crippen LogP contribution is 2.27. The minimum atomic E-state index is -0.176. The lowest BCUT2D eigenvalue weighted by molar-refractivity contribution is 0.350. The molecule has 18 heavy (non-hydrogen) atoms. The molecule has 2 atom stereocenters. The van der Waals surface area contributed by atoms with Crippen LogP contribution >= 0.6 is 15.9 Å². The molecule has 1 N–H and O–H groups in total. The van der Waals surface area contributed by atoms with E-state index >= 15 is 0 Å².